The van der Waals surface area contributed by atoms with Crippen LogP contribution in [0.5, 0.6) is 0 Å². The highest BCUT2D eigenvalue weighted by Crippen LogP contribution is 2.15. The lowest BCUT2D eigenvalue weighted by molar-refractivity contribution is -0.913. The van der Waals surface area contributed by atoms with Crippen molar-refractivity contribution >= 4 is 5.97 Å². The summed E-state index contributed by atoms with van der Waals surface area (Å²) in [5.41, 5.74) is 0. The van der Waals surface area contributed by atoms with Crippen molar-refractivity contribution in [1.29, 1.82) is 0 Å². The van der Waals surface area contributed by atoms with Crippen molar-refractivity contribution in [2.75, 3.05) is 27.2 Å². The molecule has 0 aliphatic heterocycles. The molecule has 0 bridgehead atoms. The Morgan fingerprint density at radius 3 is 2.47 bits per heavy atom. The van der Waals surface area contributed by atoms with E-state index in [2.05, 4.69) is 34.5 Å². The molecule has 0 aromatic carbocycles. The monoisotopic (exact) mass is 270 g/mol. The smallest absolute Gasteiger partial charge is 0.330 e. The highest BCUT2D eigenvalue weighted by molar-refractivity contribution is 5.81. The number of carbonyl (C=O) groups is 1. The van der Waals surface area contributed by atoms with Gasteiger partial charge in [-0.25, -0.2) is 4.79 Å². The summed E-state index contributed by atoms with van der Waals surface area (Å²) >= 11 is 0. The maximum atomic E-state index is 11.0. The van der Waals surface area contributed by atoms with E-state index >= 15 is 0 Å². The third-order valence-corrected chi connectivity index (χ3v) is 4.00. The van der Waals surface area contributed by atoms with Crippen LogP contribution in [0.3, 0.4) is 0 Å². The van der Waals surface area contributed by atoms with Gasteiger partial charge in [0.25, 0.3) is 0 Å². The first kappa shape index (κ1) is 18.2. The van der Waals surface area contributed by atoms with Crippen LogP contribution < -0.4 is 0 Å². The summed E-state index contributed by atoms with van der Waals surface area (Å²) in [6, 6.07) is 0.601. The number of ether oxygens (including phenoxy) is 1. The number of rotatable bonds is 11. The Morgan fingerprint density at radius 1 is 1.26 bits per heavy atom. The van der Waals surface area contributed by atoms with Crippen LogP contribution in [0.4, 0.5) is 0 Å². The van der Waals surface area contributed by atoms with Crippen LogP contribution in [0, 0.1) is 0 Å². The first-order valence-corrected chi connectivity index (χ1v) is 7.56. The lowest BCUT2D eigenvalue weighted by Gasteiger charge is -2.36. The van der Waals surface area contributed by atoms with Gasteiger partial charge in [0.05, 0.1) is 20.1 Å². The van der Waals surface area contributed by atoms with Crippen molar-refractivity contribution in [2.24, 2.45) is 0 Å². The average molecular weight is 270 g/mol. The van der Waals surface area contributed by atoms with Crippen molar-refractivity contribution in [3.05, 3.63) is 12.7 Å². The van der Waals surface area contributed by atoms with Crippen LogP contribution >= 0.6 is 0 Å². The minimum absolute atomic E-state index is 0.327. The Labute approximate surface area is 119 Å². The number of hydrogen-bond donors (Lipinski definition) is 0. The maximum absolute atomic E-state index is 11.0. The maximum Gasteiger partial charge on any atom is 0.330 e. The summed E-state index contributed by atoms with van der Waals surface area (Å²) in [4.78, 5) is 11.0. The van der Waals surface area contributed by atoms with E-state index in [4.69, 9.17) is 4.74 Å². The minimum atomic E-state index is -0.327. The summed E-state index contributed by atoms with van der Waals surface area (Å²) in [6.45, 7) is 9.25. The summed E-state index contributed by atoms with van der Waals surface area (Å²) in [6.07, 6.45) is 9.10. The van der Waals surface area contributed by atoms with E-state index in [-0.39, 0.29) is 5.97 Å². The standard InChI is InChI=1S/C16H32NO2/c1-6-8-9-10-11-12-15(3)17(4,5)13-14-19-16(18)7-2/h7,15H,2,6,8-14H2,1,3-5H3/q+1. The molecule has 0 saturated heterocycles. The molecule has 0 N–H and O–H groups in total. The number of esters is 1. The van der Waals surface area contributed by atoms with Crippen molar-refractivity contribution in [1.82, 2.24) is 0 Å². The third kappa shape index (κ3) is 8.82. The average Bonchev–Trinajstić information content (AvgIpc) is 2.37. The van der Waals surface area contributed by atoms with E-state index in [1.807, 2.05) is 0 Å². The molecular weight excluding hydrogens is 238 g/mol. The van der Waals surface area contributed by atoms with E-state index in [0.29, 0.717) is 12.6 Å². The molecule has 0 heterocycles. The van der Waals surface area contributed by atoms with Gasteiger partial charge >= 0.3 is 5.97 Å². The van der Waals surface area contributed by atoms with Crippen LogP contribution in [0.1, 0.15) is 52.4 Å². The van der Waals surface area contributed by atoms with E-state index in [1.54, 1.807) is 0 Å². The van der Waals surface area contributed by atoms with E-state index in [9.17, 15) is 4.79 Å². The molecule has 3 heteroatoms. The number of unbranched alkanes of at least 4 members (excludes halogenated alkanes) is 4. The Hall–Kier alpha value is -0.830. The van der Waals surface area contributed by atoms with Crippen molar-refractivity contribution in [2.45, 2.75) is 58.4 Å². The number of quaternary nitrogens is 1. The summed E-state index contributed by atoms with van der Waals surface area (Å²) in [5, 5.41) is 0. The largest absolute Gasteiger partial charge is 0.457 e. The molecule has 0 aliphatic carbocycles. The van der Waals surface area contributed by atoms with E-state index < -0.39 is 0 Å². The zero-order valence-corrected chi connectivity index (χ0v) is 13.3. The quantitative estimate of drug-likeness (QED) is 0.248. The minimum Gasteiger partial charge on any atom is -0.457 e. The fourth-order valence-corrected chi connectivity index (χ4v) is 2.05. The van der Waals surface area contributed by atoms with Crippen LogP contribution in [-0.2, 0) is 9.53 Å². The highest BCUT2D eigenvalue weighted by atomic mass is 16.5. The summed E-state index contributed by atoms with van der Waals surface area (Å²) in [7, 11) is 4.41. The molecule has 0 aromatic heterocycles. The van der Waals surface area contributed by atoms with Gasteiger partial charge < -0.3 is 9.22 Å². The second-order valence-electron chi connectivity index (χ2n) is 5.93. The number of nitrogens with zero attached hydrogens (tertiary/aromatic N) is 1. The van der Waals surface area contributed by atoms with Gasteiger partial charge in [0, 0.05) is 6.08 Å². The molecule has 0 rings (SSSR count). The van der Waals surface area contributed by atoms with Gasteiger partial charge in [0.1, 0.15) is 13.2 Å². The molecule has 0 aliphatic rings. The lowest BCUT2D eigenvalue weighted by atomic mass is 10.1. The molecule has 0 amide bonds. The second-order valence-corrected chi connectivity index (χ2v) is 5.93. The molecule has 1 unspecified atom stereocenters. The van der Waals surface area contributed by atoms with Crippen molar-refractivity contribution < 1.29 is 14.0 Å². The zero-order chi connectivity index (χ0) is 14.7. The predicted molar refractivity (Wildman–Crippen MR) is 81.0 cm³/mol. The number of likely N-dealkylation sites (N-methyl/N-ethyl adjacent to an activating group) is 1. The molecule has 0 spiro atoms. The Kier molecular flexibility index (Phi) is 9.58. The van der Waals surface area contributed by atoms with Gasteiger partial charge in [0.2, 0.25) is 0 Å². The van der Waals surface area contributed by atoms with E-state index in [1.165, 1.54) is 44.6 Å². The van der Waals surface area contributed by atoms with Crippen LogP contribution in [0.2, 0.25) is 0 Å². The summed E-state index contributed by atoms with van der Waals surface area (Å²) < 4.78 is 5.96. The lowest BCUT2D eigenvalue weighted by Crippen LogP contribution is -2.49. The second kappa shape index (κ2) is 10.0. The van der Waals surface area contributed by atoms with E-state index in [0.717, 1.165) is 11.0 Å². The topological polar surface area (TPSA) is 26.3 Å². The van der Waals surface area contributed by atoms with Crippen LogP contribution in [-0.4, -0.2) is 43.7 Å². The van der Waals surface area contributed by atoms with Gasteiger partial charge in [0.15, 0.2) is 0 Å². The molecule has 0 radical (unpaired) electrons. The Balaban J connectivity index is 3.82. The zero-order valence-electron chi connectivity index (χ0n) is 13.3. The third-order valence-electron chi connectivity index (χ3n) is 4.00. The van der Waals surface area contributed by atoms with Gasteiger partial charge in [-0.3, -0.25) is 0 Å². The summed E-state index contributed by atoms with van der Waals surface area (Å²) in [5.74, 6) is -0.327. The molecule has 19 heavy (non-hydrogen) atoms. The highest BCUT2D eigenvalue weighted by Gasteiger charge is 2.23. The molecule has 0 aromatic rings. The Morgan fingerprint density at radius 2 is 1.89 bits per heavy atom. The molecule has 3 nitrogen and oxygen atoms in total. The fraction of sp³-hybridized carbons (Fsp3) is 0.812. The van der Waals surface area contributed by atoms with Crippen molar-refractivity contribution in [3.8, 4) is 0 Å². The molecule has 112 valence electrons. The number of hydrogen-bond acceptors (Lipinski definition) is 2. The van der Waals surface area contributed by atoms with Crippen LogP contribution in [0.25, 0.3) is 0 Å². The van der Waals surface area contributed by atoms with Gasteiger partial charge in [-0.15, -0.1) is 0 Å². The van der Waals surface area contributed by atoms with Crippen LogP contribution in [0.15, 0.2) is 12.7 Å². The first-order chi connectivity index (χ1) is 8.94. The molecule has 0 saturated carbocycles. The normalized spacial score (nSPS) is 13.1. The Bertz CT molecular complexity index is 261. The first-order valence-electron chi connectivity index (χ1n) is 7.56. The fourth-order valence-electron chi connectivity index (χ4n) is 2.05. The SMILES string of the molecule is C=CC(=O)OCC[N+](C)(C)C(C)CCCCCCC. The molecule has 0 fully saturated rings. The molecular formula is C16H32NO2+. The molecule has 1 atom stereocenters. The number of carbonyl (C=O) groups excluding carboxylic acids is 1. The van der Waals surface area contributed by atoms with Crippen molar-refractivity contribution in [3.63, 3.8) is 0 Å². The predicted octanol–water partition coefficient (Wildman–Crippen LogP) is 3.54. The van der Waals surface area contributed by atoms with Gasteiger partial charge in [-0.2, -0.15) is 0 Å². The van der Waals surface area contributed by atoms with Gasteiger partial charge in [-0.05, 0) is 19.8 Å². The van der Waals surface area contributed by atoms with Gasteiger partial charge in [-0.1, -0.05) is 39.2 Å².